The molecule has 132 valence electrons. The molecule has 6 heteroatoms. The first-order chi connectivity index (χ1) is 12.0. The van der Waals surface area contributed by atoms with E-state index < -0.39 is 5.82 Å². The number of hydrogen-bond donors (Lipinski definition) is 2. The number of nitrogens with zero attached hydrogens (tertiary/aromatic N) is 1. The molecule has 1 aliphatic heterocycles. The van der Waals surface area contributed by atoms with Crippen molar-refractivity contribution in [3.63, 3.8) is 0 Å². The summed E-state index contributed by atoms with van der Waals surface area (Å²) in [5, 5.41) is 12.2. The molecule has 1 amide bonds. The van der Waals surface area contributed by atoms with Gasteiger partial charge in [0.05, 0.1) is 13.2 Å². The average molecular weight is 344 g/mol. The van der Waals surface area contributed by atoms with E-state index in [0.717, 1.165) is 31.6 Å². The van der Waals surface area contributed by atoms with E-state index in [1.54, 1.807) is 18.2 Å². The molecule has 0 aromatic heterocycles. The number of benzene rings is 2. The second kappa shape index (κ2) is 7.53. The van der Waals surface area contributed by atoms with E-state index in [4.69, 9.17) is 4.74 Å². The molecule has 1 aliphatic rings. The number of anilines is 2. The van der Waals surface area contributed by atoms with Gasteiger partial charge < -0.3 is 20.1 Å². The number of hydrogen-bond acceptors (Lipinski definition) is 4. The third-order valence-electron chi connectivity index (χ3n) is 4.32. The Morgan fingerprint density at radius 3 is 2.52 bits per heavy atom. The topological polar surface area (TPSA) is 61.8 Å². The number of aliphatic hydroxyl groups is 1. The largest absolute Gasteiger partial charge is 0.497 e. The molecule has 1 fully saturated rings. The second-order valence-electron chi connectivity index (χ2n) is 6.10. The SMILES string of the molecule is COc1cc(F)cc(NC(=O)c2ccc(N3CCC(O)CC3)cc2)c1. The van der Waals surface area contributed by atoms with Crippen LogP contribution in [0.1, 0.15) is 23.2 Å². The Balaban J connectivity index is 1.67. The summed E-state index contributed by atoms with van der Waals surface area (Å²) in [5.41, 5.74) is 1.86. The van der Waals surface area contributed by atoms with E-state index >= 15 is 0 Å². The number of piperidine rings is 1. The van der Waals surface area contributed by atoms with Gasteiger partial charge in [-0.25, -0.2) is 4.39 Å². The molecule has 0 radical (unpaired) electrons. The van der Waals surface area contributed by atoms with Crippen molar-refractivity contribution in [2.24, 2.45) is 0 Å². The highest BCUT2D eigenvalue weighted by molar-refractivity contribution is 6.04. The maximum Gasteiger partial charge on any atom is 0.255 e. The monoisotopic (exact) mass is 344 g/mol. The molecule has 0 unspecified atom stereocenters. The summed E-state index contributed by atoms with van der Waals surface area (Å²) < 4.78 is 18.5. The minimum absolute atomic E-state index is 0.218. The van der Waals surface area contributed by atoms with Crippen LogP contribution in [0.5, 0.6) is 5.75 Å². The fourth-order valence-electron chi connectivity index (χ4n) is 2.90. The van der Waals surface area contributed by atoms with Crippen LogP contribution in [0, 0.1) is 5.82 Å². The van der Waals surface area contributed by atoms with Gasteiger partial charge in [0.15, 0.2) is 0 Å². The normalized spacial score (nSPS) is 15.1. The highest BCUT2D eigenvalue weighted by Crippen LogP contribution is 2.22. The van der Waals surface area contributed by atoms with Crippen LogP contribution in [0.25, 0.3) is 0 Å². The minimum Gasteiger partial charge on any atom is -0.497 e. The zero-order chi connectivity index (χ0) is 17.8. The second-order valence-corrected chi connectivity index (χ2v) is 6.10. The highest BCUT2D eigenvalue weighted by atomic mass is 19.1. The standard InChI is InChI=1S/C19H21FN2O3/c1-25-18-11-14(20)10-15(12-18)21-19(24)13-2-4-16(5-3-13)22-8-6-17(23)7-9-22/h2-5,10-12,17,23H,6-9H2,1H3,(H,21,24). The number of methoxy groups -OCH3 is 1. The predicted molar refractivity (Wildman–Crippen MR) is 94.8 cm³/mol. The van der Waals surface area contributed by atoms with Crippen molar-refractivity contribution in [3.05, 3.63) is 53.8 Å². The average Bonchev–Trinajstić information content (AvgIpc) is 2.62. The van der Waals surface area contributed by atoms with Gasteiger partial charge >= 0.3 is 0 Å². The Hall–Kier alpha value is -2.60. The van der Waals surface area contributed by atoms with Gasteiger partial charge in [-0.05, 0) is 43.2 Å². The number of nitrogens with one attached hydrogen (secondary N) is 1. The number of ether oxygens (including phenoxy) is 1. The Bertz CT molecular complexity index is 741. The van der Waals surface area contributed by atoms with Crippen LogP contribution in [0.4, 0.5) is 15.8 Å². The van der Waals surface area contributed by atoms with Crippen molar-refractivity contribution >= 4 is 17.3 Å². The molecule has 0 atom stereocenters. The number of carbonyl (C=O) groups excluding carboxylic acids is 1. The van der Waals surface area contributed by atoms with Crippen LogP contribution in [0.2, 0.25) is 0 Å². The molecule has 0 bridgehead atoms. The summed E-state index contributed by atoms with van der Waals surface area (Å²) in [6, 6.07) is 11.3. The molecule has 3 rings (SSSR count). The van der Waals surface area contributed by atoms with Crippen LogP contribution in [-0.4, -0.2) is 37.3 Å². The van der Waals surface area contributed by atoms with Crippen LogP contribution < -0.4 is 15.0 Å². The number of carbonyl (C=O) groups is 1. The van der Waals surface area contributed by atoms with Gasteiger partial charge in [0.2, 0.25) is 0 Å². The summed E-state index contributed by atoms with van der Waals surface area (Å²) in [6.07, 6.45) is 1.29. The lowest BCUT2D eigenvalue weighted by Gasteiger charge is -2.31. The van der Waals surface area contributed by atoms with E-state index in [9.17, 15) is 14.3 Å². The maximum absolute atomic E-state index is 13.5. The van der Waals surface area contributed by atoms with Crippen molar-refractivity contribution in [2.45, 2.75) is 18.9 Å². The van der Waals surface area contributed by atoms with E-state index in [1.807, 2.05) is 12.1 Å². The molecule has 1 heterocycles. The fourth-order valence-corrected chi connectivity index (χ4v) is 2.90. The van der Waals surface area contributed by atoms with Gasteiger partial charge in [-0.2, -0.15) is 0 Å². The molecular weight excluding hydrogens is 323 g/mol. The third-order valence-corrected chi connectivity index (χ3v) is 4.32. The maximum atomic E-state index is 13.5. The summed E-state index contributed by atoms with van der Waals surface area (Å²) in [5.74, 6) is -0.441. The van der Waals surface area contributed by atoms with Gasteiger partial charge in [0.25, 0.3) is 5.91 Å². The Morgan fingerprint density at radius 1 is 1.20 bits per heavy atom. The first-order valence-corrected chi connectivity index (χ1v) is 8.24. The molecule has 2 aromatic carbocycles. The Labute approximate surface area is 146 Å². The van der Waals surface area contributed by atoms with Gasteiger partial charge in [-0.1, -0.05) is 0 Å². The predicted octanol–water partition coefficient (Wildman–Crippen LogP) is 3.05. The van der Waals surface area contributed by atoms with E-state index in [-0.39, 0.29) is 12.0 Å². The molecule has 1 saturated heterocycles. The molecule has 2 N–H and O–H groups in total. The molecule has 0 saturated carbocycles. The summed E-state index contributed by atoms with van der Waals surface area (Å²) in [6.45, 7) is 1.60. The molecular formula is C19H21FN2O3. The molecule has 5 nitrogen and oxygen atoms in total. The smallest absolute Gasteiger partial charge is 0.255 e. The Morgan fingerprint density at radius 2 is 1.88 bits per heavy atom. The van der Waals surface area contributed by atoms with Crippen molar-refractivity contribution in [1.82, 2.24) is 0 Å². The summed E-state index contributed by atoms with van der Waals surface area (Å²) in [7, 11) is 1.44. The fraction of sp³-hybridized carbons (Fsp3) is 0.316. The van der Waals surface area contributed by atoms with Crippen molar-refractivity contribution in [1.29, 1.82) is 0 Å². The van der Waals surface area contributed by atoms with Gasteiger partial charge in [-0.15, -0.1) is 0 Å². The zero-order valence-electron chi connectivity index (χ0n) is 14.0. The van der Waals surface area contributed by atoms with Gasteiger partial charge in [-0.3, -0.25) is 4.79 Å². The van der Waals surface area contributed by atoms with E-state index in [1.165, 1.54) is 19.2 Å². The van der Waals surface area contributed by atoms with Crippen LogP contribution in [-0.2, 0) is 0 Å². The molecule has 0 spiro atoms. The first-order valence-electron chi connectivity index (χ1n) is 8.24. The van der Waals surface area contributed by atoms with E-state index in [0.29, 0.717) is 17.0 Å². The third kappa shape index (κ3) is 4.28. The Kier molecular flexibility index (Phi) is 5.19. The van der Waals surface area contributed by atoms with Crippen LogP contribution in [0.3, 0.4) is 0 Å². The number of aliphatic hydroxyl groups excluding tert-OH is 1. The lowest BCUT2D eigenvalue weighted by Crippen LogP contribution is -2.35. The highest BCUT2D eigenvalue weighted by Gasteiger charge is 2.17. The van der Waals surface area contributed by atoms with Crippen molar-refractivity contribution in [2.75, 3.05) is 30.4 Å². The number of amides is 1. The lowest BCUT2D eigenvalue weighted by atomic mass is 10.1. The summed E-state index contributed by atoms with van der Waals surface area (Å²) >= 11 is 0. The van der Waals surface area contributed by atoms with E-state index in [2.05, 4.69) is 10.2 Å². The number of rotatable bonds is 4. The minimum atomic E-state index is -0.475. The van der Waals surface area contributed by atoms with Crippen molar-refractivity contribution in [3.8, 4) is 5.75 Å². The van der Waals surface area contributed by atoms with Crippen molar-refractivity contribution < 1.29 is 19.0 Å². The van der Waals surface area contributed by atoms with Crippen LogP contribution in [0.15, 0.2) is 42.5 Å². The molecule has 25 heavy (non-hydrogen) atoms. The van der Waals surface area contributed by atoms with Crippen LogP contribution >= 0.6 is 0 Å². The lowest BCUT2D eigenvalue weighted by molar-refractivity contribution is 0.102. The zero-order valence-corrected chi connectivity index (χ0v) is 14.0. The first kappa shape index (κ1) is 17.2. The molecule has 0 aliphatic carbocycles. The van der Waals surface area contributed by atoms with Gasteiger partial charge in [0.1, 0.15) is 11.6 Å². The van der Waals surface area contributed by atoms with Gasteiger partial charge in [0, 0.05) is 42.2 Å². The molecule has 2 aromatic rings. The quantitative estimate of drug-likeness (QED) is 0.895. The summed E-state index contributed by atoms with van der Waals surface area (Å²) in [4.78, 5) is 14.5. The number of halogens is 1.